The van der Waals surface area contributed by atoms with Gasteiger partial charge in [0.15, 0.2) is 0 Å². The summed E-state index contributed by atoms with van der Waals surface area (Å²) in [4.78, 5) is 0. The molecule has 0 aliphatic heterocycles. The average molecular weight is 288 g/mol. The first kappa shape index (κ1) is 15.1. The van der Waals surface area contributed by atoms with Gasteiger partial charge in [0.25, 0.3) is 0 Å². The molecule has 0 spiro atoms. The average Bonchev–Trinajstić information content (AvgIpc) is 2.42. The van der Waals surface area contributed by atoms with Crippen LogP contribution in [0.4, 0.5) is 0 Å². The van der Waals surface area contributed by atoms with Crippen molar-refractivity contribution in [3.05, 3.63) is 69.2 Å². The van der Waals surface area contributed by atoms with Gasteiger partial charge in [-0.2, -0.15) is 0 Å². The molecule has 0 radical (unpaired) electrons. The quantitative estimate of drug-likeness (QED) is 0.838. The Labute approximate surface area is 127 Å². The Morgan fingerprint density at radius 3 is 2.20 bits per heavy atom. The molecule has 0 aliphatic rings. The van der Waals surface area contributed by atoms with Gasteiger partial charge in [0.2, 0.25) is 0 Å². The van der Waals surface area contributed by atoms with Gasteiger partial charge in [0, 0.05) is 5.02 Å². The molecule has 1 atom stereocenters. The highest BCUT2D eigenvalue weighted by Gasteiger charge is 2.16. The summed E-state index contributed by atoms with van der Waals surface area (Å²) in [7, 11) is 0. The van der Waals surface area contributed by atoms with Gasteiger partial charge in [-0.15, -0.1) is 0 Å². The maximum Gasteiger partial charge on any atom is 0.0591 e. The molecule has 106 valence electrons. The summed E-state index contributed by atoms with van der Waals surface area (Å²) < 4.78 is 0. The van der Waals surface area contributed by atoms with E-state index in [2.05, 4.69) is 69.4 Å². The Morgan fingerprint density at radius 2 is 1.60 bits per heavy atom. The lowest BCUT2D eigenvalue weighted by atomic mass is 9.95. The number of benzene rings is 2. The predicted octanol–water partition coefficient (Wildman–Crippen LogP) is 4.96. The van der Waals surface area contributed by atoms with E-state index in [4.69, 9.17) is 11.6 Å². The summed E-state index contributed by atoms with van der Waals surface area (Å²) in [6.07, 6.45) is 0. The molecule has 0 saturated carbocycles. The predicted molar refractivity (Wildman–Crippen MR) is 87.6 cm³/mol. The zero-order valence-corrected chi connectivity index (χ0v) is 13.4. The van der Waals surface area contributed by atoms with Crippen molar-refractivity contribution in [1.82, 2.24) is 5.32 Å². The van der Waals surface area contributed by atoms with Crippen LogP contribution in [0.25, 0.3) is 0 Å². The number of hydrogen-bond acceptors (Lipinski definition) is 1. The van der Waals surface area contributed by atoms with Crippen molar-refractivity contribution in [1.29, 1.82) is 0 Å². The second kappa shape index (κ2) is 6.43. The van der Waals surface area contributed by atoms with Crippen molar-refractivity contribution in [2.24, 2.45) is 0 Å². The first-order valence-corrected chi connectivity index (χ1v) is 7.47. The molecule has 2 rings (SSSR count). The Morgan fingerprint density at radius 1 is 1.00 bits per heavy atom. The summed E-state index contributed by atoms with van der Waals surface area (Å²) in [6, 6.07) is 13.0. The first-order valence-electron chi connectivity index (χ1n) is 7.09. The van der Waals surface area contributed by atoms with Crippen LogP contribution in [0.2, 0.25) is 5.02 Å². The Bertz CT molecular complexity index is 587. The largest absolute Gasteiger partial charge is 0.306 e. The minimum absolute atomic E-state index is 0.146. The van der Waals surface area contributed by atoms with E-state index >= 15 is 0 Å². The second-order valence-electron chi connectivity index (χ2n) is 5.36. The van der Waals surface area contributed by atoms with Crippen molar-refractivity contribution in [3.8, 4) is 0 Å². The van der Waals surface area contributed by atoms with E-state index in [1.807, 2.05) is 0 Å². The van der Waals surface area contributed by atoms with Crippen LogP contribution in [-0.4, -0.2) is 6.54 Å². The fourth-order valence-electron chi connectivity index (χ4n) is 2.39. The zero-order chi connectivity index (χ0) is 14.7. The lowest BCUT2D eigenvalue weighted by Gasteiger charge is -2.21. The molecule has 0 saturated heterocycles. The molecule has 2 aromatic carbocycles. The van der Waals surface area contributed by atoms with Crippen LogP contribution in [0, 0.1) is 20.8 Å². The smallest absolute Gasteiger partial charge is 0.0591 e. The molecular weight excluding hydrogens is 266 g/mol. The molecule has 0 bridgehead atoms. The van der Waals surface area contributed by atoms with Gasteiger partial charge in [-0.05, 0) is 55.6 Å². The van der Waals surface area contributed by atoms with Crippen LogP contribution < -0.4 is 5.32 Å². The standard InChI is InChI=1S/C18H22ClN/c1-5-20-18(15-8-6-12(2)7-9-15)16-10-13(3)14(4)11-17(16)19/h6-11,18,20H,5H2,1-4H3. The second-order valence-corrected chi connectivity index (χ2v) is 5.77. The van der Waals surface area contributed by atoms with E-state index in [-0.39, 0.29) is 6.04 Å². The molecule has 0 aromatic heterocycles. The fraction of sp³-hybridized carbons (Fsp3) is 0.333. The van der Waals surface area contributed by atoms with Gasteiger partial charge in [0.1, 0.15) is 0 Å². The van der Waals surface area contributed by atoms with Crippen LogP contribution in [0.1, 0.15) is 40.8 Å². The van der Waals surface area contributed by atoms with Crippen molar-refractivity contribution in [2.75, 3.05) is 6.54 Å². The highest BCUT2D eigenvalue weighted by atomic mass is 35.5. The van der Waals surface area contributed by atoms with Crippen molar-refractivity contribution in [2.45, 2.75) is 33.7 Å². The highest BCUT2D eigenvalue weighted by molar-refractivity contribution is 6.31. The van der Waals surface area contributed by atoms with Gasteiger partial charge in [-0.3, -0.25) is 0 Å². The number of nitrogens with one attached hydrogen (secondary N) is 1. The van der Waals surface area contributed by atoms with Crippen molar-refractivity contribution >= 4 is 11.6 Å². The number of hydrogen-bond donors (Lipinski definition) is 1. The molecule has 20 heavy (non-hydrogen) atoms. The maximum atomic E-state index is 6.47. The van der Waals surface area contributed by atoms with Gasteiger partial charge < -0.3 is 5.32 Å². The van der Waals surface area contributed by atoms with E-state index in [9.17, 15) is 0 Å². The fourth-order valence-corrected chi connectivity index (χ4v) is 2.72. The molecule has 0 fully saturated rings. The monoisotopic (exact) mass is 287 g/mol. The third kappa shape index (κ3) is 3.23. The third-order valence-electron chi connectivity index (χ3n) is 3.74. The van der Waals surface area contributed by atoms with E-state index in [0.717, 1.165) is 17.1 Å². The van der Waals surface area contributed by atoms with E-state index in [1.54, 1.807) is 0 Å². The van der Waals surface area contributed by atoms with Gasteiger partial charge >= 0.3 is 0 Å². The molecular formula is C18H22ClN. The molecule has 2 aromatic rings. The molecule has 1 unspecified atom stereocenters. The highest BCUT2D eigenvalue weighted by Crippen LogP contribution is 2.30. The van der Waals surface area contributed by atoms with Gasteiger partial charge in [0.05, 0.1) is 6.04 Å². The Hall–Kier alpha value is -1.31. The van der Waals surface area contributed by atoms with Crippen molar-refractivity contribution < 1.29 is 0 Å². The Kier molecular flexibility index (Phi) is 4.85. The lowest BCUT2D eigenvalue weighted by Crippen LogP contribution is -2.22. The number of rotatable bonds is 4. The summed E-state index contributed by atoms with van der Waals surface area (Å²) in [6.45, 7) is 9.36. The Balaban J connectivity index is 2.48. The van der Waals surface area contributed by atoms with Crippen LogP contribution in [0.5, 0.6) is 0 Å². The van der Waals surface area contributed by atoms with Crippen LogP contribution in [0.3, 0.4) is 0 Å². The normalized spacial score (nSPS) is 12.4. The van der Waals surface area contributed by atoms with Gasteiger partial charge in [-0.25, -0.2) is 0 Å². The van der Waals surface area contributed by atoms with Crippen molar-refractivity contribution in [3.63, 3.8) is 0 Å². The van der Waals surface area contributed by atoms with Crippen LogP contribution in [-0.2, 0) is 0 Å². The number of halogens is 1. The number of aryl methyl sites for hydroxylation is 3. The SMILES string of the molecule is CCNC(c1ccc(C)cc1)c1cc(C)c(C)cc1Cl. The van der Waals surface area contributed by atoms with E-state index in [0.29, 0.717) is 0 Å². The molecule has 1 N–H and O–H groups in total. The summed E-state index contributed by atoms with van der Waals surface area (Å²) >= 11 is 6.47. The molecule has 2 heteroatoms. The van der Waals surface area contributed by atoms with Crippen LogP contribution in [0.15, 0.2) is 36.4 Å². The summed E-state index contributed by atoms with van der Waals surface area (Å²) in [5.41, 5.74) is 6.19. The maximum absolute atomic E-state index is 6.47. The third-order valence-corrected chi connectivity index (χ3v) is 4.07. The molecule has 0 amide bonds. The zero-order valence-electron chi connectivity index (χ0n) is 12.6. The lowest BCUT2D eigenvalue weighted by molar-refractivity contribution is 0.630. The van der Waals surface area contributed by atoms with E-state index in [1.165, 1.54) is 22.3 Å². The minimum atomic E-state index is 0.146. The minimum Gasteiger partial charge on any atom is -0.306 e. The van der Waals surface area contributed by atoms with E-state index < -0.39 is 0 Å². The summed E-state index contributed by atoms with van der Waals surface area (Å²) in [5.74, 6) is 0. The summed E-state index contributed by atoms with van der Waals surface area (Å²) in [5, 5.41) is 4.37. The first-order chi connectivity index (χ1) is 9.52. The molecule has 1 nitrogen and oxygen atoms in total. The van der Waals surface area contributed by atoms with Crippen LogP contribution >= 0.6 is 11.6 Å². The molecule has 0 heterocycles. The van der Waals surface area contributed by atoms with Gasteiger partial charge in [-0.1, -0.05) is 54.4 Å². The molecule has 0 aliphatic carbocycles. The topological polar surface area (TPSA) is 12.0 Å².